The third-order valence-electron chi connectivity index (χ3n) is 10.5. The number of aromatic amines is 2. The Morgan fingerprint density at radius 2 is 1.41 bits per heavy atom. The molecule has 6 N–H and O–H groups in total. The van der Waals surface area contributed by atoms with Gasteiger partial charge in [0.25, 0.3) is 5.91 Å². The van der Waals surface area contributed by atoms with Crippen LogP contribution in [0.1, 0.15) is 71.2 Å². The van der Waals surface area contributed by atoms with E-state index in [1.807, 2.05) is 62.4 Å². The van der Waals surface area contributed by atoms with Gasteiger partial charge in [0.05, 0.1) is 49.1 Å². The highest BCUT2D eigenvalue weighted by atomic mass is 16.6. The summed E-state index contributed by atoms with van der Waals surface area (Å²) in [5, 5.41) is 5.54. The zero-order valence-electron chi connectivity index (χ0n) is 33.0. The average Bonchev–Trinajstić information content (AvgIpc) is 3.99. The third kappa shape index (κ3) is 9.03. The van der Waals surface area contributed by atoms with E-state index in [0.717, 1.165) is 40.1 Å². The molecule has 3 heterocycles. The number of carbonyl (C=O) groups excluding carboxylic acids is 4. The molecule has 1 saturated heterocycles. The molecule has 0 bridgehead atoms. The molecular formula is C40H52N8O8. The van der Waals surface area contributed by atoms with Crippen molar-refractivity contribution in [1.82, 2.24) is 35.5 Å². The third-order valence-corrected chi connectivity index (χ3v) is 10.5. The van der Waals surface area contributed by atoms with Gasteiger partial charge in [-0.2, -0.15) is 0 Å². The summed E-state index contributed by atoms with van der Waals surface area (Å²) in [4.78, 5) is 68.3. The molecule has 0 aliphatic carbocycles. The van der Waals surface area contributed by atoms with Crippen LogP contribution in [0.25, 0.3) is 33.6 Å². The Balaban J connectivity index is 1.26. The van der Waals surface area contributed by atoms with E-state index < -0.39 is 53.9 Å². The molecule has 2 aromatic carbocycles. The van der Waals surface area contributed by atoms with Crippen molar-refractivity contribution >= 4 is 24.0 Å². The van der Waals surface area contributed by atoms with Crippen LogP contribution in [0.4, 0.5) is 9.59 Å². The standard InChI is InChI=1S/C40H52N8O8/c1-22(2)32(46-36(49)33(23(3)53-6)47-39(52)55-8)35-43-21-30(45-35)28-17-13-26(14-18-28)25-11-15-27(16-12-25)29-20-42-34(44-29)31-10-9-19-48(31)37(50)40(5,24(4)54-7)56-38(41)51/h11-18,20-24,31-33H,9-10,19H2,1-8H3,(H2,41,51)(H,42,44)(H,43,45)(H,46,49)(H,47,52)/t23-,24-,31+,32+,33+,40?/m1/s1. The molecule has 1 aliphatic heterocycles. The van der Waals surface area contributed by atoms with E-state index in [4.69, 9.17) is 24.7 Å². The first-order valence-electron chi connectivity index (χ1n) is 18.5. The van der Waals surface area contributed by atoms with Crippen molar-refractivity contribution in [1.29, 1.82) is 0 Å². The van der Waals surface area contributed by atoms with E-state index in [2.05, 4.69) is 30.6 Å². The molecule has 0 radical (unpaired) electrons. The second-order valence-corrected chi connectivity index (χ2v) is 14.4. The van der Waals surface area contributed by atoms with Crippen molar-refractivity contribution < 1.29 is 38.1 Å². The van der Waals surface area contributed by atoms with Crippen LogP contribution >= 0.6 is 0 Å². The predicted octanol–water partition coefficient (Wildman–Crippen LogP) is 5.26. The van der Waals surface area contributed by atoms with Crippen LogP contribution in [0.5, 0.6) is 0 Å². The number of hydrogen-bond donors (Lipinski definition) is 5. The van der Waals surface area contributed by atoms with Crippen LogP contribution in [-0.4, -0.2) is 101 Å². The molecule has 4 amide bonds. The molecule has 2 aromatic heterocycles. The first-order valence-corrected chi connectivity index (χ1v) is 18.5. The van der Waals surface area contributed by atoms with Crippen LogP contribution in [0.2, 0.25) is 0 Å². The van der Waals surface area contributed by atoms with Crippen molar-refractivity contribution in [2.24, 2.45) is 11.7 Å². The molecule has 300 valence electrons. The minimum atomic E-state index is -1.59. The molecular weight excluding hydrogens is 720 g/mol. The summed E-state index contributed by atoms with van der Waals surface area (Å²) in [6, 6.07) is 14.4. The summed E-state index contributed by atoms with van der Waals surface area (Å²) >= 11 is 0. The highest BCUT2D eigenvalue weighted by Crippen LogP contribution is 2.36. The number of likely N-dealkylation sites (tertiary alicyclic amines) is 1. The number of nitrogens with two attached hydrogens (primary N) is 1. The fourth-order valence-electron chi connectivity index (χ4n) is 6.80. The number of rotatable bonds is 15. The smallest absolute Gasteiger partial charge is 0.407 e. The Kier molecular flexibility index (Phi) is 13.2. The maximum Gasteiger partial charge on any atom is 0.407 e. The number of methoxy groups -OCH3 is 3. The number of primary amides is 1. The molecule has 16 heteroatoms. The number of benzene rings is 2. The van der Waals surface area contributed by atoms with E-state index in [9.17, 15) is 19.2 Å². The van der Waals surface area contributed by atoms with Gasteiger partial charge in [-0.3, -0.25) is 9.59 Å². The quantitative estimate of drug-likeness (QED) is 0.106. The van der Waals surface area contributed by atoms with E-state index in [1.165, 1.54) is 28.3 Å². The van der Waals surface area contributed by atoms with Crippen molar-refractivity contribution in [3.05, 3.63) is 72.6 Å². The summed E-state index contributed by atoms with van der Waals surface area (Å²) in [7, 11) is 4.14. The first kappa shape index (κ1) is 41.4. The van der Waals surface area contributed by atoms with Gasteiger partial charge in [-0.25, -0.2) is 19.6 Å². The molecule has 1 unspecified atom stereocenters. The van der Waals surface area contributed by atoms with Crippen molar-refractivity contribution in [2.45, 2.75) is 83.4 Å². The highest BCUT2D eigenvalue weighted by Gasteiger charge is 2.49. The van der Waals surface area contributed by atoms with Gasteiger partial charge in [0.15, 0.2) is 0 Å². The second-order valence-electron chi connectivity index (χ2n) is 14.4. The zero-order chi connectivity index (χ0) is 40.7. The van der Waals surface area contributed by atoms with E-state index in [-0.39, 0.29) is 12.0 Å². The van der Waals surface area contributed by atoms with Crippen LogP contribution in [0.15, 0.2) is 60.9 Å². The summed E-state index contributed by atoms with van der Waals surface area (Å²) in [6.07, 6.45) is 1.83. The molecule has 16 nitrogen and oxygen atoms in total. The lowest BCUT2D eigenvalue weighted by Crippen LogP contribution is -2.56. The Hall–Kier alpha value is -5.74. The minimum absolute atomic E-state index is 0.0223. The highest BCUT2D eigenvalue weighted by molar-refractivity contribution is 5.88. The molecule has 5 rings (SSSR count). The van der Waals surface area contributed by atoms with Crippen molar-refractivity contribution in [3.8, 4) is 33.6 Å². The van der Waals surface area contributed by atoms with Gasteiger partial charge in [0.2, 0.25) is 11.5 Å². The Labute approximate surface area is 326 Å². The lowest BCUT2D eigenvalue weighted by Gasteiger charge is -2.37. The summed E-state index contributed by atoms with van der Waals surface area (Å²) in [6.45, 7) is 9.28. The predicted molar refractivity (Wildman–Crippen MR) is 208 cm³/mol. The van der Waals surface area contributed by atoms with Crippen LogP contribution in [0.3, 0.4) is 0 Å². The molecule has 56 heavy (non-hydrogen) atoms. The SMILES string of the molecule is COC(=O)N[C@H](C(=O)N[C@H](c1ncc(-c2ccc(-c3ccc(-c4cnc([C@@H]5CCCN5C(=O)C(C)(OC(N)=O)[C@@H](C)OC)[nH]4)cc3)cc2)[nH]1)C(C)C)[C@@H](C)OC. The maximum absolute atomic E-state index is 13.7. The van der Waals surface area contributed by atoms with Crippen molar-refractivity contribution in [2.75, 3.05) is 27.9 Å². The molecule has 6 atom stereocenters. The van der Waals surface area contributed by atoms with Crippen molar-refractivity contribution in [3.63, 3.8) is 0 Å². The molecule has 4 aromatic rings. The Morgan fingerprint density at radius 3 is 1.95 bits per heavy atom. The number of carbonyl (C=O) groups is 4. The lowest BCUT2D eigenvalue weighted by molar-refractivity contribution is -0.163. The molecule has 1 fully saturated rings. The normalized spacial score (nSPS) is 17.4. The molecule has 0 spiro atoms. The average molecular weight is 773 g/mol. The summed E-state index contributed by atoms with van der Waals surface area (Å²) in [5.41, 5.74) is 9.19. The van der Waals surface area contributed by atoms with Crippen LogP contribution in [-0.2, 0) is 28.5 Å². The fraction of sp³-hybridized carbons (Fsp3) is 0.450. The lowest BCUT2D eigenvalue weighted by atomic mass is 9.97. The van der Waals surface area contributed by atoms with Gasteiger partial charge in [-0.1, -0.05) is 62.4 Å². The number of nitrogens with one attached hydrogen (secondary N) is 4. The van der Waals surface area contributed by atoms with Gasteiger partial charge >= 0.3 is 12.2 Å². The van der Waals surface area contributed by atoms with Gasteiger partial charge in [-0.15, -0.1) is 0 Å². The zero-order valence-corrected chi connectivity index (χ0v) is 33.0. The van der Waals surface area contributed by atoms with Gasteiger partial charge in [-0.05, 0) is 61.8 Å². The second kappa shape index (κ2) is 17.8. The Morgan fingerprint density at radius 1 is 0.839 bits per heavy atom. The van der Waals surface area contributed by atoms with Gasteiger partial charge < -0.3 is 50.2 Å². The molecule has 0 saturated carbocycles. The van der Waals surface area contributed by atoms with E-state index >= 15 is 0 Å². The van der Waals surface area contributed by atoms with Crippen LogP contribution in [0, 0.1) is 5.92 Å². The number of amides is 4. The first-order chi connectivity index (χ1) is 26.7. The topological polar surface area (TPSA) is 216 Å². The summed E-state index contributed by atoms with van der Waals surface area (Å²) in [5.74, 6) is 0.380. The maximum atomic E-state index is 13.7. The summed E-state index contributed by atoms with van der Waals surface area (Å²) < 4.78 is 20.7. The number of H-pyrrole nitrogens is 2. The van der Waals surface area contributed by atoms with E-state index in [0.29, 0.717) is 24.6 Å². The number of ether oxygens (including phenoxy) is 4. The Bertz CT molecular complexity index is 1980. The minimum Gasteiger partial charge on any atom is -0.453 e. The van der Waals surface area contributed by atoms with Crippen LogP contribution < -0.4 is 16.4 Å². The number of hydrogen-bond acceptors (Lipinski definition) is 10. The van der Waals surface area contributed by atoms with Gasteiger partial charge in [0, 0.05) is 20.8 Å². The number of aromatic nitrogens is 4. The number of nitrogens with zero attached hydrogens (tertiary/aromatic N) is 3. The fourth-order valence-corrected chi connectivity index (χ4v) is 6.80. The van der Waals surface area contributed by atoms with E-state index in [1.54, 1.807) is 31.1 Å². The number of alkyl carbamates (subject to hydrolysis) is 1. The number of imidazole rings is 2. The monoisotopic (exact) mass is 772 g/mol. The largest absolute Gasteiger partial charge is 0.453 e. The van der Waals surface area contributed by atoms with Gasteiger partial charge in [0.1, 0.15) is 23.8 Å². The molecule has 1 aliphatic rings.